The van der Waals surface area contributed by atoms with E-state index in [0.29, 0.717) is 22.6 Å². The highest BCUT2D eigenvalue weighted by Crippen LogP contribution is 2.38. The number of hydrogen-bond donors (Lipinski definition) is 1. The predicted molar refractivity (Wildman–Crippen MR) is 128 cm³/mol. The number of amides is 1. The zero-order valence-electron chi connectivity index (χ0n) is 19.8. The molecule has 35 heavy (non-hydrogen) atoms. The Labute approximate surface area is 201 Å². The standard InChI is InChI=1S/C26H27NO8/c1-31-21-12-16(13-22(32-2)23(21)33-3)25(29)34-18-10-9-15-11-19(26(30)35-20(15)14-18)24(28)27-17-7-5-4-6-8-17/h9-14,17H,4-8H2,1-3H3,(H,27,28). The number of methoxy groups -OCH3 is 3. The van der Waals surface area contributed by atoms with Crippen molar-refractivity contribution in [3.05, 3.63) is 57.9 Å². The SMILES string of the molecule is COc1cc(C(=O)Oc2ccc3cc(C(=O)NC4CCCCC4)c(=O)oc3c2)cc(OC)c1OC. The van der Waals surface area contributed by atoms with Crippen LogP contribution < -0.4 is 29.9 Å². The van der Waals surface area contributed by atoms with E-state index in [2.05, 4.69) is 5.32 Å². The van der Waals surface area contributed by atoms with Crippen molar-refractivity contribution in [3.63, 3.8) is 0 Å². The molecular weight excluding hydrogens is 454 g/mol. The fourth-order valence-corrected chi connectivity index (χ4v) is 4.19. The van der Waals surface area contributed by atoms with E-state index in [4.69, 9.17) is 23.4 Å². The molecule has 0 unspecified atom stereocenters. The third-order valence-electron chi connectivity index (χ3n) is 6.00. The largest absolute Gasteiger partial charge is 0.493 e. The van der Waals surface area contributed by atoms with Gasteiger partial charge in [-0.05, 0) is 43.2 Å². The van der Waals surface area contributed by atoms with Gasteiger partial charge in [0.2, 0.25) is 5.75 Å². The van der Waals surface area contributed by atoms with Crippen molar-refractivity contribution in [1.82, 2.24) is 5.32 Å². The lowest BCUT2D eigenvalue weighted by Crippen LogP contribution is -2.38. The van der Waals surface area contributed by atoms with Crippen LogP contribution in [0, 0.1) is 0 Å². The van der Waals surface area contributed by atoms with Crippen molar-refractivity contribution in [2.45, 2.75) is 38.1 Å². The summed E-state index contributed by atoms with van der Waals surface area (Å²) in [5, 5.41) is 3.46. The fourth-order valence-electron chi connectivity index (χ4n) is 4.19. The first-order valence-corrected chi connectivity index (χ1v) is 11.3. The van der Waals surface area contributed by atoms with Crippen LogP contribution in [0.25, 0.3) is 11.0 Å². The summed E-state index contributed by atoms with van der Waals surface area (Å²) in [6.07, 6.45) is 5.11. The van der Waals surface area contributed by atoms with Crippen LogP contribution in [0.1, 0.15) is 52.8 Å². The molecule has 184 valence electrons. The second-order valence-electron chi connectivity index (χ2n) is 8.26. The molecule has 0 atom stereocenters. The second-order valence-corrected chi connectivity index (χ2v) is 8.26. The Bertz CT molecular complexity index is 1280. The van der Waals surface area contributed by atoms with Crippen molar-refractivity contribution in [3.8, 4) is 23.0 Å². The number of esters is 1. The molecular formula is C26H27NO8. The van der Waals surface area contributed by atoms with E-state index in [-0.39, 0.29) is 28.5 Å². The van der Waals surface area contributed by atoms with Gasteiger partial charge in [0, 0.05) is 17.5 Å². The van der Waals surface area contributed by atoms with Crippen LogP contribution in [-0.4, -0.2) is 39.2 Å². The zero-order valence-corrected chi connectivity index (χ0v) is 19.8. The van der Waals surface area contributed by atoms with E-state index in [0.717, 1.165) is 32.1 Å². The molecule has 1 aromatic heterocycles. The molecule has 1 amide bonds. The van der Waals surface area contributed by atoms with Crippen LogP contribution in [0.15, 0.2) is 45.6 Å². The molecule has 0 aliphatic heterocycles. The van der Waals surface area contributed by atoms with Gasteiger partial charge in [-0.25, -0.2) is 9.59 Å². The number of benzene rings is 2. The highest BCUT2D eigenvalue weighted by Gasteiger charge is 2.21. The van der Waals surface area contributed by atoms with Gasteiger partial charge in [-0.2, -0.15) is 0 Å². The average molecular weight is 482 g/mol. The first-order valence-electron chi connectivity index (χ1n) is 11.3. The Morgan fingerprint density at radius 2 is 1.60 bits per heavy atom. The Kier molecular flexibility index (Phi) is 7.24. The molecule has 1 saturated carbocycles. The predicted octanol–water partition coefficient (Wildman–Crippen LogP) is 4.10. The lowest BCUT2D eigenvalue weighted by Gasteiger charge is -2.22. The molecule has 0 spiro atoms. The van der Waals surface area contributed by atoms with Crippen molar-refractivity contribution < 1.29 is 33.0 Å². The van der Waals surface area contributed by atoms with Gasteiger partial charge in [0.1, 0.15) is 16.9 Å². The third kappa shape index (κ3) is 5.24. The van der Waals surface area contributed by atoms with E-state index in [1.54, 1.807) is 12.1 Å². The quantitative estimate of drug-likeness (QED) is 0.305. The monoisotopic (exact) mass is 481 g/mol. The van der Waals surface area contributed by atoms with Crippen LogP contribution in [0.5, 0.6) is 23.0 Å². The maximum absolute atomic E-state index is 12.8. The Morgan fingerprint density at radius 3 is 2.23 bits per heavy atom. The smallest absolute Gasteiger partial charge is 0.349 e. The van der Waals surface area contributed by atoms with Crippen molar-refractivity contribution in [2.24, 2.45) is 0 Å². The highest BCUT2D eigenvalue weighted by atomic mass is 16.5. The van der Waals surface area contributed by atoms with E-state index < -0.39 is 17.5 Å². The summed E-state index contributed by atoms with van der Waals surface area (Å²) in [6.45, 7) is 0. The summed E-state index contributed by atoms with van der Waals surface area (Å²) >= 11 is 0. The number of rotatable bonds is 7. The molecule has 3 aromatic rings. The lowest BCUT2D eigenvalue weighted by atomic mass is 9.95. The average Bonchev–Trinajstić information content (AvgIpc) is 2.87. The topological polar surface area (TPSA) is 113 Å². The van der Waals surface area contributed by atoms with Crippen LogP contribution >= 0.6 is 0 Å². The summed E-state index contributed by atoms with van der Waals surface area (Å²) in [6, 6.07) is 9.11. The Balaban J connectivity index is 1.55. The summed E-state index contributed by atoms with van der Waals surface area (Å²) in [7, 11) is 4.36. The molecule has 1 N–H and O–H groups in total. The van der Waals surface area contributed by atoms with E-state index in [1.807, 2.05) is 0 Å². The van der Waals surface area contributed by atoms with Crippen molar-refractivity contribution >= 4 is 22.8 Å². The molecule has 0 saturated heterocycles. The molecule has 1 heterocycles. The number of carbonyl (C=O) groups is 2. The summed E-state index contributed by atoms with van der Waals surface area (Å²) in [4.78, 5) is 37.9. The number of nitrogens with one attached hydrogen (secondary N) is 1. The molecule has 1 aliphatic carbocycles. The number of carbonyl (C=O) groups excluding carboxylic acids is 2. The minimum Gasteiger partial charge on any atom is -0.493 e. The van der Waals surface area contributed by atoms with Crippen molar-refractivity contribution in [1.29, 1.82) is 0 Å². The molecule has 1 aliphatic rings. The highest BCUT2D eigenvalue weighted by molar-refractivity contribution is 5.97. The van der Waals surface area contributed by atoms with Crippen LogP contribution in [0.2, 0.25) is 0 Å². The number of hydrogen-bond acceptors (Lipinski definition) is 8. The van der Waals surface area contributed by atoms with Gasteiger partial charge in [0.05, 0.1) is 26.9 Å². The van der Waals surface area contributed by atoms with Gasteiger partial charge in [-0.3, -0.25) is 4.79 Å². The summed E-state index contributed by atoms with van der Waals surface area (Å²) in [5.74, 6) is 0.0192. The van der Waals surface area contributed by atoms with Crippen molar-refractivity contribution in [2.75, 3.05) is 21.3 Å². The summed E-state index contributed by atoms with van der Waals surface area (Å²) in [5.41, 5.74) is -0.431. The van der Waals surface area contributed by atoms with Gasteiger partial charge in [0.25, 0.3) is 5.91 Å². The van der Waals surface area contributed by atoms with E-state index >= 15 is 0 Å². The first kappa shape index (κ1) is 24.1. The molecule has 1 fully saturated rings. The molecule has 9 heteroatoms. The van der Waals surface area contributed by atoms with Gasteiger partial charge in [0.15, 0.2) is 11.5 Å². The Hall–Kier alpha value is -4.01. The maximum atomic E-state index is 12.8. The van der Waals surface area contributed by atoms with E-state index in [1.165, 1.54) is 45.6 Å². The minimum absolute atomic E-state index is 0.0507. The number of ether oxygens (including phenoxy) is 4. The molecule has 0 bridgehead atoms. The van der Waals surface area contributed by atoms with Crippen LogP contribution in [0.4, 0.5) is 0 Å². The normalized spacial score (nSPS) is 13.8. The molecule has 0 radical (unpaired) electrons. The van der Waals surface area contributed by atoms with Gasteiger partial charge >= 0.3 is 11.6 Å². The lowest BCUT2D eigenvalue weighted by molar-refractivity contribution is 0.0733. The molecule has 2 aromatic carbocycles. The van der Waals surface area contributed by atoms with Gasteiger partial charge < -0.3 is 28.7 Å². The minimum atomic E-state index is -0.751. The van der Waals surface area contributed by atoms with Gasteiger partial charge in [-0.1, -0.05) is 19.3 Å². The van der Waals surface area contributed by atoms with Crippen LogP contribution in [0.3, 0.4) is 0 Å². The number of fused-ring (bicyclic) bond motifs is 1. The van der Waals surface area contributed by atoms with Gasteiger partial charge in [-0.15, -0.1) is 0 Å². The Morgan fingerprint density at radius 1 is 0.914 bits per heavy atom. The van der Waals surface area contributed by atoms with E-state index in [9.17, 15) is 14.4 Å². The fraction of sp³-hybridized carbons (Fsp3) is 0.346. The van der Waals surface area contributed by atoms with Crippen LogP contribution in [-0.2, 0) is 0 Å². The maximum Gasteiger partial charge on any atom is 0.349 e. The second kappa shape index (κ2) is 10.5. The first-order chi connectivity index (χ1) is 16.9. The zero-order chi connectivity index (χ0) is 24.9. The summed E-state index contributed by atoms with van der Waals surface area (Å²) < 4.78 is 26.7. The third-order valence-corrected chi connectivity index (χ3v) is 6.00. The molecule has 9 nitrogen and oxygen atoms in total. The molecule has 4 rings (SSSR count).